The van der Waals surface area contributed by atoms with Crippen LogP contribution in [0.1, 0.15) is 43.4 Å². The van der Waals surface area contributed by atoms with Gasteiger partial charge in [-0.15, -0.1) is 0 Å². The maximum Gasteiger partial charge on any atom is 0.419 e. The molecule has 18 heavy (non-hydrogen) atoms. The van der Waals surface area contributed by atoms with Crippen LogP contribution in [0.3, 0.4) is 0 Å². The summed E-state index contributed by atoms with van der Waals surface area (Å²) in [6.45, 7) is 1.36. The van der Waals surface area contributed by atoms with Crippen LogP contribution in [0.4, 0.5) is 19.1 Å². The van der Waals surface area contributed by atoms with E-state index >= 15 is 0 Å². The number of alkyl halides is 3. The number of hydrogen-bond acceptors (Lipinski definition) is 3. The molecule has 100 valence electrons. The van der Waals surface area contributed by atoms with Gasteiger partial charge in [0.25, 0.3) is 0 Å². The fourth-order valence-electron chi connectivity index (χ4n) is 2.24. The van der Waals surface area contributed by atoms with E-state index in [9.17, 15) is 13.2 Å². The van der Waals surface area contributed by atoms with Crippen molar-refractivity contribution in [3.63, 3.8) is 0 Å². The van der Waals surface area contributed by atoms with Crippen molar-refractivity contribution >= 4 is 5.95 Å². The van der Waals surface area contributed by atoms with Crippen LogP contribution in [0.2, 0.25) is 0 Å². The van der Waals surface area contributed by atoms with Gasteiger partial charge in [0.2, 0.25) is 5.95 Å². The summed E-state index contributed by atoms with van der Waals surface area (Å²) in [7, 11) is 0. The van der Waals surface area contributed by atoms with Gasteiger partial charge >= 0.3 is 6.18 Å². The Balaban J connectivity index is 2.08. The Hall–Kier alpha value is -1.33. The first-order valence-corrected chi connectivity index (χ1v) is 6.14. The fourth-order valence-corrected chi connectivity index (χ4v) is 2.24. The molecule has 6 heteroatoms. The van der Waals surface area contributed by atoms with Gasteiger partial charge in [0.15, 0.2) is 0 Å². The summed E-state index contributed by atoms with van der Waals surface area (Å²) in [5.41, 5.74) is -0.799. The largest absolute Gasteiger partial charge is 0.419 e. The number of nitrogens with zero attached hydrogens (tertiary/aromatic N) is 2. The van der Waals surface area contributed by atoms with Crippen LogP contribution in [0.5, 0.6) is 0 Å². The van der Waals surface area contributed by atoms with E-state index in [2.05, 4.69) is 15.3 Å². The molecule has 3 nitrogen and oxygen atoms in total. The van der Waals surface area contributed by atoms with E-state index in [1.165, 1.54) is 13.3 Å². The number of anilines is 1. The first-order valence-electron chi connectivity index (χ1n) is 6.14. The molecule has 0 unspecified atom stereocenters. The zero-order chi connectivity index (χ0) is 13.2. The number of aryl methyl sites for hydroxylation is 1. The molecule has 0 atom stereocenters. The minimum absolute atomic E-state index is 0.0317. The highest BCUT2D eigenvalue weighted by Gasteiger charge is 2.33. The third-order valence-corrected chi connectivity index (χ3v) is 3.22. The average molecular weight is 259 g/mol. The van der Waals surface area contributed by atoms with Crippen LogP contribution in [0.25, 0.3) is 0 Å². The molecular weight excluding hydrogens is 243 g/mol. The molecule has 0 aromatic carbocycles. The van der Waals surface area contributed by atoms with Crippen LogP contribution in [0.15, 0.2) is 6.20 Å². The predicted molar refractivity (Wildman–Crippen MR) is 62.3 cm³/mol. The van der Waals surface area contributed by atoms with Crippen molar-refractivity contribution in [2.45, 2.75) is 51.2 Å². The molecular formula is C12H16F3N3. The lowest BCUT2D eigenvalue weighted by Crippen LogP contribution is -2.24. The molecule has 0 radical (unpaired) electrons. The maximum atomic E-state index is 12.5. The molecule has 1 aromatic rings. The number of hydrogen-bond donors (Lipinski definition) is 1. The Kier molecular flexibility index (Phi) is 3.73. The van der Waals surface area contributed by atoms with Crippen molar-refractivity contribution in [1.29, 1.82) is 0 Å². The normalized spacial score (nSPS) is 17.8. The van der Waals surface area contributed by atoms with Crippen molar-refractivity contribution in [2.75, 3.05) is 5.32 Å². The molecule has 0 spiro atoms. The van der Waals surface area contributed by atoms with Gasteiger partial charge in [-0.3, -0.25) is 0 Å². The molecule has 0 bridgehead atoms. The molecule has 1 aliphatic rings. The fraction of sp³-hybridized carbons (Fsp3) is 0.667. The zero-order valence-corrected chi connectivity index (χ0v) is 10.2. The molecule has 1 heterocycles. The summed E-state index contributed by atoms with van der Waals surface area (Å²) in [6, 6.07) is 0.287. The number of aromatic nitrogens is 2. The van der Waals surface area contributed by atoms with Gasteiger partial charge < -0.3 is 5.32 Å². The lowest BCUT2D eigenvalue weighted by molar-refractivity contribution is -0.138. The van der Waals surface area contributed by atoms with Gasteiger partial charge in [-0.2, -0.15) is 13.2 Å². The second-order valence-electron chi connectivity index (χ2n) is 4.67. The third kappa shape index (κ3) is 3.11. The standard InChI is InChI=1S/C12H16F3N3/c1-8-10(12(13,14)15)7-16-11(17-8)18-9-5-3-2-4-6-9/h7,9H,2-6H2,1H3,(H,16,17,18). The highest BCUT2D eigenvalue weighted by atomic mass is 19.4. The molecule has 1 saturated carbocycles. The summed E-state index contributed by atoms with van der Waals surface area (Å²) >= 11 is 0. The second kappa shape index (κ2) is 5.12. The number of nitrogens with one attached hydrogen (secondary N) is 1. The minimum atomic E-state index is -4.38. The van der Waals surface area contributed by atoms with Crippen molar-refractivity contribution in [1.82, 2.24) is 9.97 Å². The average Bonchev–Trinajstić information content (AvgIpc) is 2.28. The van der Waals surface area contributed by atoms with E-state index in [1.54, 1.807) is 0 Å². The van der Waals surface area contributed by atoms with E-state index in [4.69, 9.17) is 0 Å². The van der Waals surface area contributed by atoms with E-state index in [1.807, 2.05) is 0 Å². The Morgan fingerprint density at radius 3 is 2.44 bits per heavy atom. The smallest absolute Gasteiger partial charge is 0.351 e. The Morgan fingerprint density at radius 2 is 1.89 bits per heavy atom. The number of rotatable bonds is 2. The number of halogens is 3. The Bertz CT molecular complexity index is 412. The molecule has 0 saturated heterocycles. The monoisotopic (exact) mass is 259 g/mol. The topological polar surface area (TPSA) is 37.8 Å². The van der Waals surface area contributed by atoms with Gasteiger partial charge in [0, 0.05) is 12.2 Å². The first-order chi connectivity index (χ1) is 8.47. The van der Waals surface area contributed by atoms with E-state index in [0.29, 0.717) is 5.95 Å². The first kappa shape index (κ1) is 13.1. The lowest BCUT2D eigenvalue weighted by atomic mass is 9.96. The molecule has 1 aliphatic carbocycles. The van der Waals surface area contributed by atoms with Crippen molar-refractivity contribution in [2.24, 2.45) is 0 Å². The SMILES string of the molecule is Cc1nc(NC2CCCCC2)ncc1C(F)(F)F. The van der Waals surface area contributed by atoms with Crippen molar-refractivity contribution < 1.29 is 13.2 Å². The maximum absolute atomic E-state index is 12.5. The second-order valence-corrected chi connectivity index (χ2v) is 4.67. The summed E-state index contributed by atoms with van der Waals surface area (Å²) in [4.78, 5) is 7.65. The zero-order valence-electron chi connectivity index (χ0n) is 10.2. The van der Waals surface area contributed by atoms with Crippen molar-refractivity contribution in [3.8, 4) is 0 Å². The highest BCUT2D eigenvalue weighted by molar-refractivity contribution is 5.31. The van der Waals surface area contributed by atoms with E-state index < -0.39 is 11.7 Å². The van der Waals surface area contributed by atoms with Crippen LogP contribution in [-0.2, 0) is 6.18 Å². The molecule has 1 fully saturated rings. The summed E-state index contributed by atoms with van der Waals surface area (Å²) in [6.07, 6.45) is 2.06. The molecule has 2 rings (SSSR count). The Morgan fingerprint density at radius 1 is 1.22 bits per heavy atom. The van der Waals surface area contributed by atoms with Gasteiger partial charge in [0.1, 0.15) is 0 Å². The molecule has 0 aliphatic heterocycles. The van der Waals surface area contributed by atoms with Crippen LogP contribution >= 0.6 is 0 Å². The summed E-state index contributed by atoms with van der Waals surface area (Å²) < 4.78 is 37.6. The third-order valence-electron chi connectivity index (χ3n) is 3.22. The summed E-state index contributed by atoms with van der Waals surface area (Å²) in [5.74, 6) is 0.299. The van der Waals surface area contributed by atoms with Gasteiger partial charge in [-0.05, 0) is 19.8 Å². The molecule has 0 amide bonds. The summed E-state index contributed by atoms with van der Waals surface area (Å²) in [5, 5.41) is 3.11. The molecule has 1 N–H and O–H groups in total. The molecule has 1 aromatic heterocycles. The van der Waals surface area contributed by atoms with Crippen molar-refractivity contribution in [3.05, 3.63) is 17.5 Å². The van der Waals surface area contributed by atoms with Crippen LogP contribution < -0.4 is 5.32 Å². The van der Waals surface area contributed by atoms with Gasteiger partial charge in [-0.1, -0.05) is 19.3 Å². The van der Waals surface area contributed by atoms with Gasteiger partial charge in [-0.25, -0.2) is 9.97 Å². The van der Waals surface area contributed by atoms with Gasteiger partial charge in [0.05, 0.1) is 11.3 Å². The van der Waals surface area contributed by atoms with E-state index in [0.717, 1.165) is 31.9 Å². The minimum Gasteiger partial charge on any atom is -0.351 e. The van der Waals surface area contributed by atoms with Crippen LogP contribution in [-0.4, -0.2) is 16.0 Å². The lowest BCUT2D eigenvalue weighted by Gasteiger charge is -2.23. The Labute approximate surface area is 104 Å². The van der Waals surface area contributed by atoms with Crippen LogP contribution in [0, 0.1) is 6.92 Å². The quantitative estimate of drug-likeness (QED) is 0.882. The van der Waals surface area contributed by atoms with E-state index in [-0.39, 0.29) is 11.7 Å². The predicted octanol–water partition coefficient (Wildman–Crippen LogP) is 3.55. The highest BCUT2D eigenvalue weighted by Crippen LogP contribution is 2.31.